The summed E-state index contributed by atoms with van der Waals surface area (Å²) in [7, 11) is 3.07. The molecule has 8 nitrogen and oxygen atoms in total. The highest BCUT2D eigenvalue weighted by molar-refractivity contribution is 7.99. The van der Waals surface area contributed by atoms with Gasteiger partial charge in [0.15, 0.2) is 5.78 Å². The van der Waals surface area contributed by atoms with Crippen LogP contribution in [0, 0.1) is 0 Å². The van der Waals surface area contributed by atoms with Crippen molar-refractivity contribution in [2.24, 2.45) is 0 Å². The summed E-state index contributed by atoms with van der Waals surface area (Å²) >= 11 is 1.19. The number of rotatable bonds is 8. The number of methoxy groups -OCH3 is 2. The van der Waals surface area contributed by atoms with Gasteiger partial charge in [0.25, 0.3) is 0 Å². The van der Waals surface area contributed by atoms with Crippen molar-refractivity contribution >= 4 is 17.5 Å². The molecular formula is C23H19N5O3S. The largest absolute Gasteiger partial charge is 0.497 e. The number of aromatic nitrogens is 5. The molecular weight excluding hydrogens is 426 g/mol. The van der Waals surface area contributed by atoms with E-state index in [0.717, 1.165) is 0 Å². The molecule has 160 valence electrons. The van der Waals surface area contributed by atoms with E-state index in [0.29, 0.717) is 45.0 Å². The van der Waals surface area contributed by atoms with E-state index < -0.39 is 0 Å². The molecule has 9 heteroatoms. The van der Waals surface area contributed by atoms with Crippen molar-refractivity contribution in [3.63, 3.8) is 0 Å². The third-order valence-electron chi connectivity index (χ3n) is 4.52. The minimum absolute atomic E-state index is 0.107. The van der Waals surface area contributed by atoms with Gasteiger partial charge in [0.2, 0.25) is 5.16 Å². The molecule has 0 radical (unpaired) electrons. The van der Waals surface area contributed by atoms with Crippen LogP contribution in [0.25, 0.3) is 22.8 Å². The third kappa shape index (κ3) is 4.73. The van der Waals surface area contributed by atoms with Crippen LogP contribution in [-0.4, -0.2) is 50.9 Å². The molecule has 0 unspecified atom stereocenters. The molecule has 3 heterocycles. The first kappa shape index (κ1) is 21.4. The average Bonchev–Trinajstić information content (AvgIpc) is 2.87. The Morgan fingerprint density at radius 3 is 2.22 bits per heavy atom. The number of hydrogen-bond acceptors (Lipinski definition) is 9. The van der Waals surface area contributed by atoms with Crippen molar-refractivity contribution in [2.45, 2.75) is 5.16 Å². The second-order valence-corrected chi connectivity index (χ2v) is 7.44. The number of pyridine rings is 2. The molecule has 1 aromatic carbocycles. The Balaban J connectivity index is 1.62. The number of thioether (sulfide) groups is 1. The zero-order valence-electron chi connectivity index (χ0n) is 17.4. The van der Waals surface area contributed by atoms with E-state index in [1.807, 2.05) is 36.4 Å². The number of benzene rings is 1. The lowest BCUT2D eigenvalue weighted by molar-refractivity contribution is 0.101. The van der Waals surface area contributed by atoms with E-state index >= 15 is 0 Å². The number of carbonyl (C=O) groups is 1. The monoisotopic (exact) mass is 445 g/mol. The van der Waals surface area contributed by atoms with Crippen molar-refractivity contribution in [1.29, 1.82) is 0 Å². The maximum atomic E-state index is 12.9. The van der Waals surface area contributed by atoms with Gasteiger partial charge in [-0.3, -0.25) is 14.8 Å². The predicted octanol–water partition coefficient (Wildman–Crippen LogP) is 3.99. The van der Waals surface area contributed by atoms with E-state index in [1.165, 1.54) is 18.9 Å². The molecule has 0 saturated heterocycles. The zero-order valence-corrected chi connectivity index (χ0v) is 18.2. The fraction of sp³-hybridized carbons (Fsp3) is 0.130. The Morgan fingerprint density at radius 2 is 1.59 bits per heavy atom. The van der Waals surface area contributed by atoms with Crippen LogP contribution in [0.5, 0.6) is 11.5 Å². The standard InChI is InChI=1S/C23H19N5O3S/c1-30-15-9-10-20(31-2)16(13-15)19(29)14-32-23-26-21(17-7-3-5-11-24-17)22(27-28-23)18-8-4-6-12-25-18/h3-13H,14H2,1-2H3. The highest BCUT2D eigenvalue weighted by Crippen LogP contribution is 2.29. The first-order valence-corrected chi connectivity index (χ1v) is 10.6. The summed E-state index contributed by atoms with van der Waals surface area (Å²) in [5.41, 5.74) is 2.79. The van der Waals surface area contributed by atoms with Crippen molar-refractivity contribution in [3.05, 3.63) is 72.6 Å². The van der Waals surface area contributed by atoms with Crippen molar-refractivity contribution in [1.82, 2.24) is 25.1 Å². The van der Waals surface area contributed by atoms with Gasteiger partial charge in [0, 0.05) is 12.4 Å². The predicted molar refractivity (Wildman–Crippen MR) is 121 cm³/mol. The van der Waals surface area contributed by atoms with Crippen LogP contribution >= 0.6 is 11.8 Å². The SMILES string of the molecule is COc1ccc(OC)c(C(=O)CSc2nnc(-c3ccccn3)c(-c3ccccn3)n2)c1. The first-order valence-electron chi connectivity index (χ1n) is 9.65. The van der Waals surface area contributed by atoms with Crippen LogP contribution in [0.1, 0.15) is 10.4 Å². The van der Waals surface area contributed by atoms with Crippen LogP contribution in [-0.2, 0) is 0 Å². The van der Waals surface area contributed by atoms with Crippen molar-refractivity contribution in [3.8, 4) is 34.3 Å². The second-order valence-electron chi connectivity index (χ2n) is 6.50. The lowest BCUT2D eigenvalue weighted by atomic mass is 10.1. The quantitative estimate of drug-likeness (QED) is 0.294. The molecule has 0 atom stereocenters. The summed E-state index contributed by atoms with van der Waals surface area (Å²) < 4.78 is 10.5. The number of carbonyl (C=O) groups excluding carboxylic acids is 1. The molecule has 0 saturated carbocycles. The summed E-state index contributed by atoms with van der Waals surface area (Å²) in [6.07, 6.45) is 3.37. The van der Waals surface area contributed by atoms with E-state index in [-0.39, 0.29) is 11.5 Å². The van der Waals surface area contributed by atoms with Gasteiger partial charge < -0.3 is 9.47 Å². The van der Waals surface area contributed by atoms with Crippen molar-refractivity contribution < 1.29 is 14.3 Å². The third-order valence-corrected chi connectivity index (χ3v) is 5.36. The maximum Gasteiger partial charge on any atom is 0.210 e. The van der Waals surface area contributed by atoms with E-state index in [4.69, 9.17) is 9.47 Å². The maximum absolute atomic E-state index is 12.9. The number of Topliss-reactive ketones (excluding diaryl/α,β-unsaturated/α-hetero) is 1. The fourth-order valence-electron chi connectivity index (χ4n) is 2.97. The number of nitrogens with zero attached hydrogens (tertiary/aromatic N) is 5. The molecule has 3 aromatic heterocycles. The normalized spacial score (nSPS) is 10.6. The highest BCUT2D eigenvalue weighted by atomic mass is 32.2. The Labute approximate surface area is 189 Å². The van der Waals surface area contributed by atoms with Crippen molar-refractivity contribution in [2.75, 3.05) is 20.0 Å². The Bertz CT molecular complexity index is 1220. The Kier molecular flexibility index (Phi) is 6.66. The minimum Gasteiger partial charge on any atom is -0.497 e. The lowest BCUT2D eigenvalue weighted by Crippen LogP contribution is -2.07. The van der Waals surface area contributed by atoms with Gasteiger partial charge in [-0.25, -0.2) is 4.98 Å². The van der Waals surface area contributed by atoms with Gasteiger partial charge in [-0.1, -0.05) is 23.9 Å². The summed E-state index contributed by atoms with van der Waals surface area (Å²) in [5.74, 6) is 1.03. The molecule has 0 aliphatic rings. The van der Waals surface area contributed by atoms with Crippen LogP contribution < -0.4 is 9.47 Å². The number of hydrogen-bond donors (Lipinski definition) is 0. The minimum atomic E-state index is -0.137. The number of ether oxygens (including phenoxy) is 2. The second kappa shape index (κ2) is 9.97. The molecule has 0 amide bonds. The zero-order chi connectivity index (χ0) is 22.3. The summed E-state index contributed by atoms with van der Waals surface area (Å²) in [6.45, 7) is 0. The smallest absolute Gasteiger partial charge is 0.210 e. The molecule has 0 fully saturated rings. The Morgan fingerprint density at radius 1 is 0.875 bits per heavy atom. The van der Waals surface area contributed by atoms with E-state index in [9.17, 15) is 4.79 Å². The van der Waals surface area contributed by atoms with Gasteiger partial charge in [-0.15, -0.1) is 10.2 Å². The van der Waals surface area contributed by atoms with Gasteiger partial charge >= 0.3 is 0 Å². The number of ketones is 1. The molecule has 0 aliphatic carbocycles. The molecule has 0 N–H and O–H groups in total. The van der Waals surface area contributed by atoms with Crippen LogP contribution in [0.15, 0.2) is 72.1 Å². The summed E-state index contributed by atoms with van der Waals surface area (Å²) in [5, 5.41) is 8.92. The van der Waals surface area contributed by atoms with E-state index in [1.54, 1.807) is 37.7 Å². The average molecular weight is 446 g/mol. The van der Waals surface area contributed by atoms with E-state index in [2.05, 4.69) is 25.1 Å². The van der Waals surface area contributed by atoms with Gasteiger partial charge in [-0.2, -0.15) is 0 Å². The summed E-state index contributed by atoms with van der Waals surface area (Å²) in [4.78, 5) is 26.2. The topological polar surface area (TPSA) is 100.0 Å². The molecule has 32 heavy (non-hydrogen) atoms. The van der Waals surface area contributed by atoms with Gasteiger partial charge in [0.1, 0.15) is 22.9 Å². The molecule has 0 aliphatic heterocycles. The Hall–Kier alpha value is -3.85. The molecule has 4 aromatic rings. The van der Waals surface area contributed by atoms with Crippen LogP contribution in [0.4, 0.5) is 0 Å². The molecule has 0 bridgehead atoms. The molecule has 4 rings (SSSR count). The van der Waals surface area contributed by atoms with Crippen LogP contribution in [0.2, 0.25) is 0 Å². The highest BCUT2D eigenvalue weighted by Gasteiger charge is 2.18. The van der Waals surface area contributed by atoms with Gasteiger partial charge in [0.05, 0.1) is 36.9 Å². The first-order chi connectivity index (χ1) is 15.7. The summed E-state index contributed by atoms with van der Waals surface area (Å²) in [6, 6.07) is 16.2. The molecule has 0 spiro atoms. The lowest BCUT2D eigenvalue weighted by Gasteiger charge is -2.10. The van der Waals surface area contributed by atoms with Gasteiger partial charge in [-0.05, 0) is 42.5 Å². The van der Waals surface area contributed by atoms with Crippen LogP contribution in [0.3, 0.4) is 0 Å². The fourth-order valence-corrected chi connectivity index (χ4v) is 3.64.